The second-order valence-corrected chi connectivity index (χ2v) is 3.91. The number of hydrogen-bond donors (Lipinski definition) is 0. The maximum Gasteiger partial charge on any atom is 0.0760 e. The Morgan fingerprint density at radius 2 is 2.33 bits per heavy atom. The number of allylic oxidation sites excluding steroid dienone is 1. The molecule has 0 aromatic rings. The lowest BCUT2D eigenvalue weighted by atomic mass is 9.96. The average molecular weight is 168 g/mol. The van der Waals surface area contributed by atoms with Gasteiger partial charge in [0.05, 0.1) is 6.10 Å². The quantitative estimate of drug-likeness (QED) is 0.575. The molecule has 0 bridgehead atoms. The van der Waals surface area contributed by atoms with Gasteiger partial charge in [0.25, 0.3) is 0 Å². The summed E-state index contributed by atoms with van der Waals surface area (Å²) in [6.45, 7) is 7.63. The van der Waals surface area contributed by atoms with Gasteiger partial charge in [-0.25, -0.2) is 0 Å². The predicted octanol–water partition coefficient (Wildman–Crippen LogP) is 3.16. The molecule has 0 amide bonds. The molecule has 1 heterocycles. The monoisotopic (exact) mass is 168 g/mol. The molecule has 0 aromatic heterocycles. The molecule has 0 radical (unpaired) electrons. The summed E-state index contributed by atoms with van der Waals surface area (Å²) in [7, 11) is 0. The van der Waals surface area contributed by atoms with Crippen molar-refractivity contribution < 1.29 is 4.74 Å². The number of rotatable bonds is 2. The molecule has 0 saturated carbocycles. The van der Waals surface area contributed by atoms with Crippen molar-refractivity contribution in [3.63, 3.8) is 0 Å². The van der Waals surface area contributed by atoms with E-state index in [4.69, 9.17) is 4.74 Å². The molecular formula is C11H20O. The zero-order valence-electron chi connectivity index (χ0n) is 8.47. The van der Waals surface area contributed by atoms with E-state index < -0.39 is 0 Å². The van der Waals surface area contributed by atoms with Crippen molar-refractivity contribution in [3.8, 4) is 0 Å². The van der Waals surface area contributed by atoms with E-state index in [-0.39, 0.29) is 0 Å². The minimum atomic E-state index is 0.397. The molecular weight excluding hydrogens is 148 g/mol. The first-order valence-corrected chi connectivity index (χ1v) is 5.01. The first-order chi connectivity index (χ1) is 5.72. The van der Waals surface area contributed by atoms with Gasteiger partial charge in [0, 0.05) is 6.61 Å². The lowest BCUT2D eigenvalue weighted by Crippen LogP contribution is -2.22. The van der Waals surface area contributed by atoms with Gasteiger partial charge in [-0.05, 0) is 32.1 Å². The summed E-state index contributed by atoms with van der Waals surface area (Å²) < 4.78 is 5.64. The highest BCUT2D eigenvalue weighted by Crippen LogP contribution is 2.21. The highest BCUT2D eigenvalue weighted by Gasteiger charge is 2.16. The first kappa shape index (κ1) is 9.79. The molecule has 1 rings (SSSR count). The summed E-state index contributed by atoms with van der Waals surface area (Å²) in [6.07, 6.45) is 6.27. The van der Waals surface area contributed by atoms with Gasteiger partial charge in [0.1, 0.15) is 0 Å². The van der Waals surface area contributed by atoms with Crippen molar-refractivity contribution in [2.45, 2.75) is 46.1 Å². The minimum absolute atomic E-state index is 0.397. The predicted molar refractivity (Wildman–Crippen MR) is 52.2 cm³/mol. The van der Waals surface area contributed by atoms with Gasteiger partial charge in [-0.2, -0.15) is 0 Å². The normalized spacial score (nSPS) is 32.1. The van der Waals surface area contributed by atoms with Crippen molar-refractivity contribution in [2.75, 3.05) is 6.61 Å². The third-order valence-electron chi connectivity index (χ3n) is 2.61. The number of ether oxygens (including phenoxy) is 1. The molecule has 0 aliphatic carbocycles. The van der Waals surface area contributed by atoms with Crippen LogP contribution in [-0.4, -0.2) is 12.7 Å². The standard InChI is InChI=1S/C11H20O/c1-4-9(2)7-11-8-10(3)5-6-12-11/h7,10-11H,4-6,8H2,1-3H3/t10-,11-/m1/s1. The lowest BCUT2D eigenvalue weighted by molar-refractivity contribution is 0.0234. The average Bonchev–Trinajstić information content (AvgIpc) is 2.04. The third kappa shape index (κ3) is 2.98. The Bertz CT molecular complexity index is 160. The molecule has 1 fully saturated rings. The van der Waals surface area contributed by atoms with Gasteiger partial charge in [0.15, 0.2) is 0 Å². The maximum absolute atomic E-state index is 5.64. The lowest BCUT2D eigenvalue weighted by Gasteiger charge is -2.25. The third-order valence-corrected chi connectivity index (χ3v) is 2.61. The highest BCUT2D eigenvalue weighted by atomic mass is 16.5. The van der Waals surface area contributed by atoms with Crippen molar-refractivity contribution in [3.05, 3.63) is 11.6 Å². The zero-order chi connectivity index (χ0) is 8.97. The first-order valence-electron chi connectivity index (χ1n) is 5.01. The Balaban J connectivity index is 2.41. The molecule has 0 aromatic carbocycles. The van der Waals surface area contributed by atoms with Crippen LogP contribution in [0.15, 0.2) is 11.6 Å². The van der Waals surface area contributed by atoms with E-state index in [1.807, 2.05) is 0 Å². The molecule has 1 nitrogen and oxygen atoms in total. The van der Waals surface area contributed by atoms with Crippen LogP contribution < -0.4 is 0 Å². The fourth-order valence-electron chi connectivity index (χ4n) is 1.55. The fraction of sp³-hybridized carbons (Fsp3) is 0.818. The van der Waals surface area contributed by atoms with E-state index in [0.717, 1.165) is 18.9 Å². The molecule has 70 valence electrons. The van der Waals surface area contributed by atoms with Gasteiger partial charge in [0.2, 0.25) is 0 Å². The van der Waals surface area contributed by atoms with Crippen LogP contribution in [0.4, 0.5) is 0 Å². The van der Waals surface area contributed by atoms with Crippen LogP contribution >= 0.6 is 0 Å². The molecule has 1 aliphatic heterocycles. The van der Waals surface area contributed by atoms with Gasteiger partial charge in [-0.1, -0.05) is 25.5 Å². The SMILES string of the molecule is CCC(C)=C[C@@H]1C[C@H](C)CCO1. The van der Waals surface area contributed by atoms with Gasteiger partial charge in [-0.15, -0.1) is 0 Å². The summed E-state index contributed by atoms with van der Waals surface area (Å²) >= 11 is 0. The van der Waals surface area contributed by atoms with Gasteiger partial charge in [-0.3, -0.25) is 0 Å². The zero-order valence-corrected chi connectivity index (χ0v) is 8.47. The molecule has 1 saturated heterocycles. The van der Waals surface area contributed by atoms with E-state index in [9.17, 15) is 0 Å². The Kier molecular flexibility index (Phi) is 3.80. The Morgan fingerprint density at radius 1 is 1.58 bits per heavy atom. The van der Waals surface area contributed by atoms with Gasteiger partial charge >= 0.3 is 0 Å². The van der Waals surface area contributed by atoms with Crippen LogP contribution in [0.2, 0.25) is 0 Å². The van der Waals surface area contributed by atoms with Crippen LogP contribution in [0, 0.1) is 5.92 Å². The second kappa shape index (κ2) is 4.66. The topological polar surface area (TPSA) is 9.23 Å². The molecule has 0 unspecified atom stereocenters. The summed E-state index contributed by atoms with van der Waals surface area (Å²) in [4.78, 5) is 0. The van der Waals surface area contributed by atoms with Crippen LogP contribution in [0.5, 0.6) is 0 Å². The summed E-state index contributed by atoms with van der Waals surface area (Å²) in [6, 6.07) is 0. The van der Waals surface area contributed by atoms with Gasteiger partial charge < -0.3 is 4.74 Å². The molecule has 1 aliphatic rings. The molecule has 0 spiro atoms. The van der Waals surface area contributed by atoms with Crippen molar-refractivity contribution in [1.29, 1.82) is 0 Å². The van der Waals surface area contributed by atoms with Crippen molar-refractivity contribution >= 4 is 0 Å². The van der Waals surface area contributed by atoms with E-state index in [0.29, 0.717) is 6.10 Å². The molecule has 2 atom stereocenters. The maximum atomic E-state index is 5.64. The molecule has 12 heavy (non-hydrogen) atoms. The van der Waals surface area contributed by atoms with Crippen molar-refractivity contribution in [1.82, 2.24) is 0 Å². The Hall–Kier alpha value is -0.300. The van der Waals surface area contributed by atoms with Crippen molar-refractivity contribution in [2.24, 2.45) is 5.92 Å². The van der Waals surface area contributed by atoms with E-state index in [1.54, 1.807) is 0 Å². The summed E-state index contributed by atoms with van der Waals surface area (Å²) in [5.74, 6) is 0.838. The highest BCUT2D eigenvalue weighted by molar-refractivity contribution is 5.02. The Labute approximate surface area is 75.8 Å². The largest absolute Gasteiger partial charge is 0.374 e. The summed E-state index contributed by atoms with van der Waals surface area (Å²) in [5, 5.41) is 0. The van der Waals surface area contributed by atoms with Crippen LogP contribution in [0.1, 0.15) is 40.0 Å². The second-order valence-electron chi connectivity index (χ2n) is 3.91. The molecule has 0 N–H and O–H groups in total. The van der Waals surface area contributed by atoms with Crippen LogP contribution in [-0.2, 0) is 4.74 Å². The van der Waals surface area contributed by atoms with E-state index in [1.165, 1.54) is 18.4 Å². The van der Waals surface area contributed by atoms with E-state index >= 15 is 0 Å². The fourth-order valence-corrected chi connectivity index (χ4v) is 1.55. The summed E-state index contributed by atoms with van der Waals surface area (Å²) in [5.41, 5.74) is 1.45. The Morgan fingerprint density at radius 3 is 2.92 bits per heavy atom. The van der Waals surface area contributed by atoms with E-state index in [2.05, 4.69) is 26.8 Å². The molecule has 1 heteroatoms. The number of hydrogen-bond acceptors (Lipinski definition) is 1. The van der Waals surface area contributed by atoms with Crippen LogP contribution in [0.25, 0.3) is 0 Å². The smallest absolute Gasteiger partial charge is 0.0760 e. The van der Waals surface area contributed by atoms with Crippen LogP contribution in [0.3, 0.4) is 0 Å². The minimum Gasteiger partial charge on any atom is -0.374 e.